The maximum absolute atomic E-state index is 10.5. The average molecular weight is 373 g/mol. The molecule has 0 radical (unpaired) electrons. The Kier molecular flexibility index (Phi) is 8.81. The summed E-state index contributed by atoms with van der Waals surface area (Å²) in [6, 6.07) is 0. The van der Waals surface area contributed by atoms with Crippen molar-refractivity contribution in [1.29, 1.82) is 0 Å². The molecule has 0 aromatic heterocycles. The summed E-state index contributed by atoms with van der Waals surface area (Å²) in [5, 5.41) is 8.83. The van der Waals surface area contributed by atoms with Gasteiger partial charge < -0.3 is 19.0 Å². The van der Waals surface area contributed by atoms with Gasteiger partial charge in [0.1, 0.15) is 0 Å². The minimum atomic E-state index is -1.79. The van der Waals surface area contributed by atoms with E-state index in [9.17, 15) is 4.79 Å². The summed E-state index contributed by atoms with van der Waals surface area (Å²) in [5.74, 6) is -0.462. The second-order valence-electron chi connectivity index (χ2n) is 8.40. The summed E-state index contributed by atoms with van der Waals surface area (Å²) >= 11 is 0. The van der Waals surface area contributed by atoms with Crippen LogP contribution >= 0.6 is 0 Å². The van der Waals surface area contributed by atoms with Crippen LogP contribution in [-0.4, -0.2) is 45.0 Å². The molecule has 25 heavy (non-hydrogen) atoms. The van der Waals surface area contributed by atoms with Crippen LogP contribution in [-0.2, 0) is 18.7 Å². The third-order valence-corrected chi connectivity index (χ3v) is 9.72. The van der Waals surface area contributed by atoms with E-state index in [4.69, 9.17) is 19.0 Å². The number of unbranched alkanes of at least 4 members (excludes halogenated alkanes) is 1. The first kappa shape index (κ1) is 22.3. The van der Waals surface area contributed by atoms with Gasteiger partial charge in [-0.15, -0.1) is 0 Å². The van der Waals surface area contributed by atoms with E-state index in [1.807, 2.05) is 6.92 Å². The van der Waals surface area contributed by atoms with Crippen molar-refractivity contribution in [3.63, 3.8) is 0 Å². The predicted octanol–water partition coefficient (Wildman–Crippen LogP) is 4.59. The maximum Gasteiger partial charge on any atom is 0.303 e. The monoisotopic (exact) mass is 372 g/mol. The molecule has 1 aliphatic rings. The Morgan fingerprint density at radius 1 is 1.32 bits per heavy atom. The SMILES string of the molecule is C[C@@H]1OC[C@H](C/C=C\CCCC(=O)O)[C@H](CO[Si](C)(C)C(C)(C)C)O1. The Morgan fingerprint density at radius 2 is 2.00 bits per heavy atom. The minimum Gasteiger partial charge on any atom is -0.481 e. The molecule has 0 bridgehead atoms. The van der Waals surface area contributed by atoms with Gasteiger partial charge in [-0.25, -0.2) is 0 Å². The lowest BCUT2D eigenvalue weighted by Gasteiger charge is -2.40. The van der Waals surface area contributed by atoms with E-state index in [0.717, 1.165) is 12.8 Å². The van der Waals surface area contributed by atoms with E-state index in [2.05, 4.69) is 46.0 Å². The Bertz CT molecular complexity index is 442. The third-order valence-electron chi connectivity index (χ3n) is 5.22. The van der Waals surface area contributed by atoms with Crippen LogP contribution in [0.5, 0.6) is 0 Å². The first-order chi connectivity index (χ1) is 11.5. The molecule has 0 aliphatic carbocycles. The molecule has 0 saturated carbocycles. The summed E-state index contributed by atoms with van der Waals surface area (Å²) in [7, 11) is -1.79. The fourth-order valence-electron chi connectivity index (χ4n) is 2.43. The number of hydrogen-bond acceptors (Lipinski definition) is 4. The standard InChI is InChI=1S/C19H36O5Si/c1-15-22-13-16(11-9-7-8-10-12-18(20)21)17(24-15)14-23-25(5,6)19(2,3)4/h7,9,15-17H,8,10-14H2,1-6H3,(H,20,21)/b9-7-/t15-,16+,17+/m1/s1. The van der Waals surface area contributed by atoms with Crippen LogP contribution in [0.15, 0.2) is 12.2 Å². The van der Waals surface area contributed by atoms with E-state index in [-0.39, 0.29) is 29.8 Å². The third kappa shape index (κ3) is 8.03. The molecule has 1 N–H and O–H groups in total. The van der Waals surface area contributed by atoms with Crippen LogP contribution in [0.25, 0.3) is 0 Å². The number of hydrogen-bond donors (Lipinski definition) is 1. The van der Waals surface area contributed by atoms with Gasteiger partial charge in [0.15, 0.2) is 14.6 Å². The van der Waals surface area contributed by atoms with Crippen LogP contribution in [0.3, 0.4) is 0 Å². The van der Waals surface area contributed by atoms with Gasteiger partial charge in [0.2, 0.25) is 0 Å². The maximum atomic E-state index is 10.5. The van der Waals surface area contributed by atoms with E-state index in [0.29, 0.717) is 19.6 Å². The number of rotatable bonds is 9. The molecule has 146 valence electrons. The molecule has 1 aliphatic heterocycles. The van der Waals surface area contributed by atoms with Gasteiger partial charge in [0.25, 0.3) is 0 Å². The largest absolute Gasteiger partial charge is 0.481 e. The Morgan fingerprint density at radius 3 is 2.60 bits per heavy atom. The second-order valence-corrected chi connectivity index (χ2v) is 13.2. The molecule has 0 spiro atoms. The molecule has 3 atom stereocenters. The molecular weight excluding hydrogens is 336 g/mol. The van der Waals surface area contributed by atoms with Gasteiger partial charge in [0.05, 0.1) is 19.3 Å². The number of aliphatic carboxylic acids is 1. The fourth-order valence-corrected chi connectivity index (χ4v) is 3.44. The zero-order chi connectivity index (χ0) is 19.1. The van der Waals surface area contributed by atoms with Crippen molar-refractivity contribution in [3.05, 3.63) is 12.2 Å². The second kappa shape index (κ2) is 9.85. The molecule has 1 heterocycles. The van der Waals surface area contributed by atoms with Gasteiger partial charge in [0, 0.05) is 12.3 Å². The van der Waals surface area contributed by atoms with E-state index in [1.54, 1.807) is 0 Å². The highest BCUT2D eigenvalue weighted by atomic mass is 28.4. The van der Waals surface area contributed by atoms with Gasteiger partial charge in [-0.2, -0.15) is 0 Å². The highest BCUT2D eigenvalue weighted by molar-refractivity contribution is 6.74. The molecule has 0 aromatic rings. The number of allylic oxidation sites excluding steroid dienone is 2. The zero-order valence-electron chi connectivity index (χ0n) is 16.7. The number of ether oxygens (including phenoxy) is 2. The number of carboxylic acid groups (broad SMARTS) is 1. The molecule has 1 rings (SSSR count). The lowest BCUT2D eigenvalue weighted by Crippen LogP contribution is -2.47. The minimum absolute atomic E-state index is 0.0431. The molecule has 0 amide bonds. The van der Waals surface area contributed by atoms with E-state index < -0.39 is 14.3 Å². The topological polar surface area (TPSA) is 65.0 Å². The summed E-state index contributed by atoms with van der Waals surface area (Å²) in [6.07, 6.45) is 6.60. The average Bonchev–Trinajstić information content (AvgIpc) is 2.48. The Balaban J connectivity index is 2.50. The summed E-state index contributed by atoms with van der Waals surface area (Å²) < 4.78 is 18.0. The highest BCUT2D eigenvalue weighted by Gasteiger charge is 2.39. The fraction of sp³-hybridized carbons (Fsp3) is 0.842. The van der Waals surface area contributed by atoms with Crippen molar-refractivity contribution in [2.45, 2.75) is 83.9 Å². The number of carboxylic acids is 1. The van der Waals surface area contributed by atoms with Crippen molar-refractivity contribution in [2.75, 3.05) is 13.2 Å². The van der Waals surface area contributed by atoms with Crippen molar-refractivity contribution in [3.8, 4) is 0 Å². The van der Waals surface area contributed by atoms with Crippen molar-refractivity contribution < 1.29 is 23.8 Å². The van der Waals surface area contributed by atoms with Crippen molar-refractivity contribution in [2.24, 2.45) is 5.92 Å². The van der Waals surface area contributed by atoms with Crippen molar-refractivity contribution >= 4 is 14.3 Å². The Hall–Kier alpha value is -0.693. The molecule has 0 aromatic carbocycles. The number of carbonyl (C=O) groups is 1. The normalized spacial score (nSPS) is 25.4. The zero-order valence-corrected chi connectivity index (χ0v) is 17.7. The first-order valence-corrected chi connectivity index (χ1v) is 12.2. The van der Waals surface area contributed by atoms with Gasteiger partial charge in [-0.3, -0.25) is 4.79 Å². The quantitative estimate of drug-likeness (QED) is 0.364. The van der Waals surface area contributed by atoms with Crippen LogP contribution in [0.4, 0.5) is 0 Å². The van der Waals surface area contributed by atoms with E-state index >= 15 is 0 Å². The van der Waals surface area contributed by atoms with Gasteiger partial charge in [-0.05, 0) is 44.3 Å². The summed E-state index contributed by atoms with van der Waals surface area (Å²) in [5.41, 5.74) is 0. The smallest absolute Gasteiger partial charge is 0.303 e. The predicted molar refractivity (Wildman–Crippen MR) is 102 cm³/mol. The van der Waals surface area contributed by atoms with Crippen molar-refractivity contribution in [1.82, 2.24) is 0 Å². The molecule has 1 saturated heterocycles. The van der Waals surface area contributed by atoms with Gasteiger partial charge >= 0.3 is 5.97 Å². The molecule has 1 fully saturated rings. The van der Waals surface area contributed by atoms with E-state index in [1.165, 1.54) is 0 Å². The van der Waals surface area contributed by atoms with Crippen LogP contribution in [0.2, 0.25) is 18.1 Å². The van der Waals surface area contributed by atoms with Gasteiger partial charge in [-0.1, -0.05) is 32.9 Å². The Labute approximate surface area is 153 Å². The summed E-state index contributed by atoms with van der Waals surface area (Å²) in [4.78, 5) is 10.5. The molecule has 6 heteroatoms. The lowest BCUT2D eigenvalue weighted by molar-refractivity contribution is -0.233. The molecular formula is C19H36O5Si. The summed E-state index contributed by atoms with van der Waals surface area (Å²) in [6.45, 7) is 14.4. The molecule has 5 nitrogen and oxygen atoms in total. The first-order valence-electron chi connectivity index (χ1n) is 9.31. The lowest BCUT2D eigenvalue weighted by atomic mass is 9.98. The van der Waals surface area contributed by atoms with Crippen LogP contribution < -0.4 is 0 Å². The van der Waals surface area contributed by atoms with Crippen LogP contribution in [0, 0.1) is 5.92 Å². The van der Waals surface area contributed by atoms with Crippen LogP contribution in [0.1, 0.15) is 53.4 Å². The molecule has 0 unspecified atom stereocenters. The highest BCUT2D eigenvalue weighted by Crippen LogP contribution is 2.37.